The number of ketones is 1. The van der Waals surface area contributed by atoms with Crippen molar-refractivity contribution in [1.29, 1.82) is 0 Å². The average molecular weight is 169 g/mol. The predicted octanol–water partition coefficient (Wildman–Crippen LogP) is 2.52. The fraction of sp³-hybridized carbons (Fsp3) is 0.500. The number of thiazole rings is 1. The van der Waals surface area contributed by atoms with Crippen LogP contribution >= 0.6 is 11.3 Å². The van der Waals surface area contributed by atoms with Crippen molar-refractivity contribution in [2.45, 2.75) is 26.2 Å². The average Bonchev–Trinajstić information content (AvgIpc) is 2.52. The molecule has 0 aliphatic carbocycles. The highest BCUT2D eigenvalue weighted by Crippen LogP contribution is 2.09. The maximum absolute atomic E-state index is 11.2. The predicted molar refractivity (Wildman–Crippen MR) is 46.0 cm³/mol. The number of aromatic nitrogens is 1. The normalized spacial score (nSPS) is 9.91. The van der Waals surface area contributed by atoms with Crippen LogP contribution in [0.2, 0.25) is 0 Å². The topological polar surface area (TPSA) is 30.0 Å². The first-order chi connectivity index (χ1) is 5.34. The molecule has 0 N–H and O–H groups in total. The van der Waals surface area contributed by atoms with E-state index in [0.29, 0.717) is 11.4 Å². The molecule has 0 spiro atoms. The molecule has 60 valence electrons. The summed E-state index contributed by atoms with van der Waals surface area (Å²) < 4.78 is 0. The van der Waals surface area contributed by atoms with Crippen LogP contribution in [-0.4, -0.2) is 10.8 Å². The lowest BCUT2D eigenvalue weighted by Crippen LogP contribution is -1.96. The van der Waals surface area contributed by atoms with Gasteiger partial charge in [-0.2, -0.15) is 0 Å². The van der Waals surface area contributed by atoms with E-state index in [4.69, 9.17) is 0 Å². The van der Waals surface area contributed by atoms with E-state index in [1.165, 1.54) is 11.3 Å². The molecule has 2 nitrogen and oxygen atoms in total. The van der Waals surface area contributed by atoms with Gasteiger partial charge < -0.3 is 0 Å². The van der Waals surface area contributed by atoms with Crippen LogP contribution in [0.15, 0.2) is 11.6 Å². The number of carbonyl (C=O) groups excluding carboxylic acids is 1. The number of Topliss-reactive ketones (excluding diaryl/α,β-unsaturated/α-hetero) is 1. The van der Waals surface area contributed by atoms with Crippen molar-refractivity contribution < 1.29 is 4.79 Å². The van der Waals surface area contributed by atoms with Crippen LogP contribution in [0.3, 0.4) is 0 Å². The standard InChI is InChI=1S/C8H11NOS/c1-2-3-4-7(10)8-9-5-6-11-8/h5-6H,2-4H2,1H3. The molecule has 1 heterocycles. The van der Waals surface area contributed by atoms with Gasteiger partial charge in [-0.15, -0.1) is 11.3 Å². The number of carbonyl (C=O) groups is 1. The summed E-state index contributed by atoms with van der Waals surface area (Å²) in [5.74, 6) is 0.182. The number of hydrogen-bond acceptors (Lipinski definition) is 3. The highest BCUT2D eigenvalue weighted by Gasteiger charge is 2.06. The third-order valence-electron chi connectivity index (χ3n) is 1.43. The molecule has 3 heteroatoms. The lowest BCUT2D eigenvalue weighted by molar-refractivity contribution is 0.0979. The van der Waals surface area contributed by atoms with Crippen LogP contribution in [0.1, 0.15) is 36.0 Å². The van der Waals surface area contributed by atoms with Crippen molar-refractivity contribution in [3.63, 3.8) is 0 Å². The first kappa shape index (κ1) is 8.40. The van der Waals surface area contributed by atoms with Gasteiger partial charge >= 0.3 is 0 Å². The molecule has 0 unspecified atom stereocenters. The third kappa shape index (κ3) is 2.42. The quantitative estimate of drug-likeness (QED) is 0.648. The molecule has 0 saturated carbocycles. The fourth-order valence-corrected chi connectivity index (χ4v) is 1.41. The Morgan fingerprint density at radius 2 is 2.55 bits per heavy atom. The number of hydrogen-bond donors (Lipinski definition) is 0. The molecule has 0 fully saturated rings. The first-order valence-corrected chi connectivity index (χ1v) is 4.65. The molecule has 0 amide bonds. The Bertz CT molecular complexity index is 218. The molecule has 0 aromatic carbocycles. The van der Waals surface area contributed by atoms with Crippen molar-refractivity contribution in [1.82, 2.24) is 4.98 Å². The lowest BCUT2D eigenvalue weighted by Gasteiger charge is -1.92. The van der Waals surface area contributed by atoms with Crippen LogP contribution in [0, 0.1) is 0 Å². The summed E-state index contributed by atoms with van der Waals surface area (Å²) in [5, 5.41) is 2.48. The van der Waals surface area contributed by atoms with E-state index in [2.05, 4.69) is 11.9 Å². The van der Waals surface area contributed by atoms with Crippen molar-refractivity contribution in [3.8, 4) is 0 Å². The third-order valence-corrected chi connectivity index (χ3v) is 2.24. The zero-order valence-corrected chi connectivity index (χ0v) is 7.36. The summed E-state index contributed by atoms with van der Waals surface area (Å²) in [6.07, 6.45) is 4.35. The van der Waals surface area contributed by atoms with E-state index in [0.717, 1.165) is 12.8 Å². The van der Waals surface area contributed by atoms with E-state index >= 15 is 0 Å². The highest BCUT2D eigenvalue weighted by molar-refractivity contribution is 7.11. The Balaban J connectivity index is 2.43. The Hall–Kier alpha value is -0.700. The molecule has 1 rings (SSSR count). The highest BCUT2D eigenvalue weighted by atomic mass is 32.1. The summed E-state index contributed by atoms with van der Waals surface area (Å²) in [7, 11) is 0. The minimum Gasteiger partial charge on any atom is -0.292 e. The van der Waals surface area contributed by atoms with Gasteiger partial charge in [0.1, 0.15) is 0 Å². The molecule has 0 atom stereocenters. The van der Waals surface area contributed by atoms with E-state index < -0.39 is 0 Å². The summed E-state index contributed by atoms with van der Waals surface area (Å²) in [6.45, 7) is 2.08. The molecule has 0 aliphatic heterocycles. The van der Waals surface area contributed by atoms with Gasteiger partial charge in [0.2, 0.25) is 0 Å². The lowest BCUT2D eigenvalue weighted by atomic mass is 10.2. The smallest absolute Gasteiger partial charge is 0.191 e. The van der Waals surface area contributed by atoms with Gasteiger partial charge in [0, 0.05) is 18.0 Å². The van der Waals surface area contributed by atoms with Crippen molar-refractivity contribution in [3.05, 3.63) is 16.6 Å². The second-order valence-electron chi connectivity index (χ2n) is 2.36. The summed E-state index contributed by atoms with van der Waals surface area (Å²) in [6, 6.07) is 0. The summed E-state index contributed by atoms with van der Waals surface area (Å²) >= 11 is 1.42. The zero-order chi connectivity index (χ0) is 8.10. The van der Waals surface area contributed by atoms with Gasteiger partial charge in [0.05, 0.1) is 0 Å². The molecule has 1 aromatic heterocycles. The van der Waals surface area contributed by atoms with Crippen molar-refractivity contribution in [2.75, 3.05) is 0 Å². The maximum atomic E-state index is 11.2. The Kier molecular flexibility index (Phi) is 3.23. The second kappa shape index (κ2) is 4.23. The van der Waals surface area contributed by atoms with Gasteiger partial charge in [-0.3, -0.25) is 4.79 Å². The fourth-order valence-electron chi connectivity index (χ4n) is 0.805. The van der Waals surface area contributed by atoms with E-state index in [1.807, 2.05) is 5.38 Å². The Morgan fingerprint density at radius 1 is 1.73 bits per heavy atom. The van der Waals surface area contributed by atoms with Crippen molar-refractivity contribution in [2.24, 2.45) is 0 Å². The Morgan fingerprint density at radius 3 is 3.09 bits per heavy atom. The van der Waals surface area contributed by atoms with Crippen LogP contribution in [-0.2, 0) is 0 Å². The van der Waals surface area contributed by atoms with Gasteiger partial charge in [-0.25, -0.2) is 4.98 Å². The van der Waals surface area contributed by atoms with E-state index in [9.17, 15) is 4.79 Å². The summed E-state index contributed by atoms with van der Waals surface area (Å²) in [4.78, 5) is 15.2. The van der Waals surface area contributed by atoms with Gasteiger partial charge in [0.15, 0.2) is 10.8 Å². The van der Waals surface area contributed by atoms with E-state index in [1.54, 1.807) is 6.20 Å². The minimum atomic E-state index is 0.182. The van der Waals surface area contributed by atoms with E-state index in [-0.39, 0.29) is 5.78 Å². The van der Waals surface area contributed by atoms with Gasteiger partial charge in [-0.1, -0.05) is 13.3 Å². The zero-order valence-electron chi connectivity index (χ0n) is 6.54. The first-order valence-electron chi connectivity index (χ1n) is 3.77. The van der Waals surface area contributed by atoms with Crippen LogP contribution < -0.4 is 0 Å². The molecule has 0 radical (unpaired) electrons. The second-order valence-corrected chi connectivity index (χ2v) is 3.26. The maximum Gasteiger partial charge on any atom is 0.191 e. The summed E-state index contributed by atoms with van der Waals surface area (Å²) in [5.41, 5.74) is 0. The van der Waals surface area contributed by atoms with Crippen LogP contribution in [0.5, 0.6) is 0 Å². The molecule has 0 saturated heterocycles. The Labute approximate surface area is 70.3 Å². The molecular weight excluding hydrogens is 158 g/mol. The largest absolute Gasteiger partial charge is 0.292 e. The van der Waals surface area contributed by atoms with Crippen molar-refractivity contribution >= 4 is 17.1 Å². The van der Waals surface area contributed by atoms with Crippen LogP contribution in [0.25, 0.3) is 0 Å². The van der Waals surface area contributed by atoms with Gasteiger partial charge in [0.25, 0.3) is 0 Å². The molecule has 11 heavy (non-hydrogen) atoms. The molecule has 0 aliphatic rings. The molecule has 0 bridgehead atoms. The monoisotopic (exact) mass is 169 g/mol. The number of rotatable bonds is 4. The molecule has 1 aromatic rings. The number of nitrogens with zero attached hydrogens (tertiary/aromatic N) is 1. The minimum absolute atomic E-state index is 0.182. The molecular formula is C8H11NOS. The van der Waals surface area contributed by atoms with Crippen LogP contribution in [0.4, 0.5) is 0 Å². The number of unbranched alkanes of at least 4 members (excludes halogenated alkanes) is 1. The SMILES string of the molecule is CCCCC(=O)c1nccs1. The van der Waals surface area contributed by atoms with Gasteiger partial charge in [-0.05, 0) is 6.42 Å².